The van der Waals surface area contributed by atoms with Gasteiger partial charge in [0.2, 0.25) is 0 Å². The lowest BCUT2D eigenvalue weighted by molar-refractivity contribution is 0.0600. The number of ether oxygens (including phenoxy) is 2. The lowest BCUT2D eigenvalue weighted by Gasteiger charge is -2.03. The fraction of sp³-hybridized carbons (Fsp3) is 0.500. The summed E-state index contributed by atoms with van der Waals surface area (Å²) in [5.74, 6) is -0.281. The van der Waals surface area contributed by atoms with Crippen LogP contribution in [0.15, 0.2) is 24.3 Å². The molecule has 0 fully saturated rings. The van der Waals surface area contributed by atoms with E-state index in [-0.39, 0.29) is 5.97 Å². The predicted molar refractivity (Wildman–Crippen MR) is 67.2 cm³/mol. The zero-order valence-electron chi connectivity index (χ0n) is 10.6. The molecule has 0 saturated heterocycles. The second kappa shape index (κ2) is 7.85. The van der Waals surface area contributed by atoms with Crippen molar-refractivity contribution in [3.8, 4) is 0 Å². The maximum absolute atomic E-state index is 11.2. The fourth-order valence-electron chi connectivity index (χ4n) is 1.68. The highest BCUT2D eigenvalue weighted by molar-refractivity contribution is 5.89. The van der Waals surface area contributed by atoms with Gasteiger partial charge in [-0.3, -0.25) is 0 Å². The van der Waals surface area contributed by atoms with Crippen LogP contribution in [0.5, 0.6) is 0 Å². The van der Waals surface area contributed by atoms with Gasteiger partial charge >= 0.3 is 5.97 Å². The van der Waals surface area contributed by atoms with Crippen molar-refractivity contribution in [3.05, 3.63) is 35.4 Å². The van der Waals surface area contributed by atoms with Gasteiger partial charge in [0.25, 0.3) is 0 Å². The van der Waals surface area contributed by atoms with E-state index in [1.165, 1.54) is 19.1 Å². The van der Waals surface area contributed by atoms with Crippen LogP contribution in [0.1, 0.15) is 35.2 Å². The summed E-state index contributed by atoms with van der Waals surface area (Å²) in [5, 5.41) is 0. The molecule has 3 nitrogen and oxygen atoms in total. The van der Waals surface area contributed by atoms with Crippen molar-refractivity contribution < 1.29 is 14.3 Å². The number of carbonyl (C=O) groups is 1. The molecule has 0 aliphatic carbocycles. The second-order valence-electron chi connectivity index (χ2n) is 3.99. The third-order valence-corrected chi connectivity index (χ3v) is 2.69. The first-order valence-electron chi connectivity index (χ1n) is 5.94. The molecule has 1 aromatic rings. The van der Waals surface area contributed by atoms with Crippen LogP contribution in [0.2, 0.25) is 0 Å². The Morgan fingerprint density at radius 3 is 2.35 bits per heavy atom. The lowest BCUT2D eigenvalue weighted by atomic mass is 10.1. The van der Waals surface area contributed by atoms with Crippen LogP contribution < -0.4 is 0 Å². The van der Waals surface area contributed by atoms with Crippen LogP contribution >= 0.6 is 0 Å². The van der Waals surface area contributed by atoms with Gasteiger partial charge in [-0.15, -0.1) is 0 Å². The summed E-state index contributed by atoms with van der Waals surface area (Å²) in [6.07, 6.45) is 4.48. The van der Waals surface area contributed by atoms with Crippen molar-refractivity contribution in [1.29, 1.82) is 0 Å². The van der Waals surface area contributed by atoms with E-state index >= 15 is 0 Å². The first kappa shape index (κ1) is 13.7. The van der Waals surface area contributed by atoms with Crippen LogP contribution in [0.4, 0.5) is 0 Å². The van der Waals surface area contributed by atoms with Gasteiger partial charge in [-0.2, -0.15) is 0 Å². The van der Waals surface area contributed by atoms with Crippen molar-refractivity contribution in [2.24, 2.45) is 0 Å². The van der Waals surface area contributed by atoms with E-state index in [0.717, 1.165) is 25.9 Å². The van der Waals surface area contributed by atoms with E-state index in [2.05, 4.69) is 4.74 Å². The first-order valence-corrected chi connectivity index (χ1v) is 5.94. The maximum Gasteiger partial charge on any atom is 0.337 e. The van der Waals surface area contributed by atoms with Gasteiger partial charge in [-0.25, -0.2) is 4.79 Å². The number of hydrogen-bond acceptors (Lipinski definition) is 3. The monoisotopic (exact) mass is 236 g/mol. The molecule has 1 rings (SSSR count). The van der Waals surface area contributed by atoms with E-state index in [0.29, 0.717) is 5.56 Å². The minimum Gasteiger partial charge on any atom is -0.465 e. The molecule has 0 heterocycles. The SMILES string of the molecule is COCCCCCc1ccc(C(=O)OC)cc1. The minimum absolute atomic E-state index is 0.281. The third-order valence-electron chi connectivity index (χ3n) is 2.69. The zero-order chi connectivity index (χ0) is 12.5. The topological polar surface area (TPSA) is 35.5 Å². The molecular formula is C14H20O3. The molecule has 0 amide bonds. The summed E-state index contributed by atoms with van der Waals surface area (Å²) in [5.41, 5.74) is 1.87. The van der Waals surface area contributed by atoms with Gasteiger partial charge in [0, 0.05) is 13.7 Å². The number of carbonyl (C=O) groups excluding carboxylic acids is 1. The fourth-order valence-corrected chi connectivity index (χ4v) is 1.68. The van der Waals surface area contributed by atoms with Gasteiger partial charge < -0.3 is 9.47 Å². The summed E-state index contributed by atoms with van der Waals surface area (Å²) in [6, 6.07) is 7.61. The standard InChI is InChI=1S/C14H20O3/c1-16-11-5-3-4-6-12-7-9-13(10-8-12)14(15)17-2/h7-10H,3-6,11H2,1-2H3. The summed E-state index contributed by atoms with van der Waals surface area (Å²) < 4.78 is 9.65. The van der Waals surface area contributed by atoms with Crippen LogP contribution in [-0.4, -0.2) is 26.8 Å². The van der Waals surface area contributed by atoms with Crippen molar-refractivity contribution in [2.75, 3.05) is 20.8 Å². The van der Waals surface area contributed by atoms with Gasteiger partial charge in [0.1, 0.15) is 0 Å². The van der Waals surface area contributed by atoms with Gasteiger partial charge in [0.05, 0.1) is 12.7 Å². The largest absolute Gasteiger partial charge is 0.465 e. The Bertz CT molecular complexity index is 330. The van der Waals surface area contributed by atoms with E-state index in [1.54, 1.807) is 7.11 Å². The van der Waals surface area contributed by atoms with Crippen LogP contribution in [0.3, 0.4) is 0 Å². The number of unbranched alkanes of at least 4 members (excludes halogenated alkanes) is 2. The molecule has 0 aliphatic rings. The molecule has 0 unspecified atom stereocenters. The Labute approximate surface area is 103 Å². The van der Waals surface area contributed by atoms with Gasteiger partial charge in [-0.05, 0) is 37.0 Å². The Balaban J connectivity index is 2.33. The second-order valence-corrected chi connectivity index (χ2v) is 3.99. The zero-order valence-corrected chi connectivity index (χ0v) is 10.6. The molecule has 17 heavy (non-hydrogen) atoms. The predicted octanol–water partition coefficient (Wildman–Crippen LogP) is 2.83. The Kier molecular flexibility index (Phi) is 6.33. The van der Waals surface area contributed by atoms with E-state index < -0.39 is 0 Å². The molecular weight excluding hydrogens is 216 g/mol. The molecule has 3 heteroatoms. The molecule has 94 valence electrons. The van der Waals surface area contributed by atoms with Crippen LogP contribution in [0, 0.1) is 0 Å². The molecule has 1 aromatic carbocycles. The molecule has 0 aromatic heterocycles. The van der Waals surface area contributed by atoms with Gasteiger partial charge in [-0.1, -0.05) is 18.6 Å². The maximum atomic E-state index is 11.2. The minimum atomic E-state index is -0.281. The quantitative estimate of drug-likeness (QED) is 0.539. The average molecular weight is 236 g/mol. The number of aryl methyl sites for hydroxylation is 1. The molecule has 0 spiro atoms. The molecule has 0 atom stereocenters. The Morgan fingerprint density at radius 2 is 1.76 bits per heavy atom. The number of esters is 1. The molecule has 0 radical (unpaired) electrons. The molecule has 0 bridgehead atoms. The average Bonchev–Trinajstić information content (AvgIpc) is 2.38. The van der Waals surface area contributed by atoms with Crippen molar-refractivity contribution in [2.45, 2.75) is 25.7 Å². The molecule has 0 aliphatic heterocycles. The van der Waals surface area contributed by atoms with Crippen molar-refractivity contribution >= 4 is 5.97 Å². The van der Waals surface area contributed by atoms with E-state index in [4.69, 9.17) is 4.74 Å². The van der Waals surface area contributed by atoms with Crippen LogP contribution in [-0.2, 0) is 15.9 Å². The number of benzene rings is 1. The number of hydrogen-bond donors (Lipinski definition) is 0. The smallest absolute Gasteiger partial charge is 0.337 e. The van der Waals surface area contributed by atoms with E-state index in [9.17, 15) is 4.79 Å². The van der Waals surface area contributed by atoms with Crippen molar-refractivity contribution in [3.63, 3.8) is 0 Å². The Morgan fingerprint density at radius 1 is 1.06 bits per heavy atom. The highest BCUT2D eigenvalue weighted by atomic mass is 16.5. The molecule has 0 N–H and O–H groups in total. The highest BCUT2D eigenvalue weighted by Gasteiger charge is 2.03. The number of methoxy groups -OCH3 is 2. The third kappa shape index (κ3) is 5.00. The normalized spacial score (nSPS) is 10.2. The summed E-state index contributed by atoms with van der Waals surface area (Å²) in [7, 11) is 3.12. The summed E-state index contributed by atoms with van der Waals surface area (Å²) in [6.45, 7) is 0.835. The van der Waals surface area contributed by atoms with Gasteiger partial charge in [0.15, 0.2) is 0 Å². The highest BCUT2D eigenvalue weighted by Crippen LogP contribution is 2.09. The van der Waals surface area contributed by atoms with E-state index in [1.807, 2.05) is 24.3 Å². The summed E-state index contributed by atoms with van der Waals surface area (Å²) in [4.78, 5) is 11.2. The van der Waals surface area contributed by atoms with Crippen molar-refractivity contribution in [1.82, 2.24) is 0 Å². The summed E-state index contributed by atoms with van der Waals surface area (Å²) >= 11 is 0. The lowest BCUT2D eigenvalue weighted by Crippen LogP contribution is -2.00. The Hall–Kier alpha value is -1.35. The van der Waals surface area contributed by atoms with Crippen LogP contribution in [0.25, 0.3) is 0 Å². The first-order chi connectivity index (χ1) is 8.27. The number of rotatable bonds is 7. The molecule has 0 saturated carbocycles.